The molecule has 11 heteroatoms. The van der Waals surface area contributed by atoms with Gasteiger partial charge in [0, 0.05) is 23.2 Å². The molecule has 0 unspecified atom stereocenters. The van der Waals surface area contributed by atoms with E-state index >= 15 is 0 Å². The predicted octanol–water partition coefficient (Wildman–Crippen LogP) is 4.12. The minimum absolute atomic E-state index is 0.0248. The summed E-state index contributed by atoms with van der Waals surface area (Å²) in [4.78, 5) is 31.0. The van der Waals surface area contributed by atoms with Gasteiger partial charge in [0.25, 0.3) is 5.56 Å². The van der Waals surface area contributed by atoms with Gasteiger partial charge in [-0.2, -0.15) is 5.26 Å². The number of nitrogens with zero attached hydrogens (tertiary/aromatic N) is 4. The average Bonchev–Trinajstić information content (AvgIpc) is 3.24. The van der Waals surface area contributed by atoms with Crippen LogP contribution in [0.1, 0.15) is 30.3 Å². The van der Waals surface area contributed by atoms with Gasteiger partial charge >= 0.3 is 6.09 Å². The van der Waals surface area contributed by atoms with Crippen molar-refractivity contribution in [3.05, 3.63) is 62.1 Å². The van der Waals surface area contributed by atoms with Crippen molar-refractivity contribution < 1.29 is 23.4 Å². The van der Waals surface area contributed by atoms with Crippen molar-refractivity contribution in [3.63, 3.8) is 0 Å². The minimum atomic E-state index is -1.20. The van der Waals surface area contributed by atoms with Gasteiger partial charge in [0.2, 0.25) is 0 Å². The number of carbonyl (C=O) groups is 1. The number of likely N-dealkylation sites (tertiary alicyclic amines) is 1. The van der Waals surface area contributed by atoms with Crippen LogP contribution in [0.3, 0.4) is 0 Å². The fraction of sp³-hybridized carbons (Fsp3) is 0.238. The van der Waals surface area contributed by atoms with Crippen molar-refractivity contribution in [3.8, 4) is 17.5 Å². The van der Waals surface area contributed by atoms with Gasteiger partial charge in [-0.15, -0.1) is 0 Å². The Kier molecular flexibility index (Phi) is 5.56. The molecular weight excluding hydrogens is 490 g/mol. The van der Waals surface area contributed by atoms with E-state index in [0.717, 1.165) is 28.7 Å². The topological polar surface area (TPSA) is 108 Å². The highest BCUT2D eigenvalue weighted by Crippen LogP contribution is 2.34. The van der Waals surface area contributed by atoms with Crippen LogP contribution in [0, 0.1) is 23.0 Å². The average molecular weight is 505 g/mol. The zero-order valence-corrected chi connectivity index (χ0v) is 18.2. The zero-order valence-electron chi connectivity index (χ0n) is 16.6. The molecule has 1 atom stereocenters. The largest absolute Gasteiger partial charge is 0.491 e. The summed E-state index contributed by atoms with van der Waals surface area (Å²) in [7, 11) is 1.11. The maximum absolute atomic E-state index is 14.5. The molecule has 2 heterocycles. The molecule has 3 aromatic rings. The standard InChI is InChI=1S/C21H15BrF2N4O4/c1-32-18-14(23)7-11(8-15(18)24)28-19(16-3-2-4-27(16)21(30)31)26-17-12(20(28)29)5-10(9-25)6-13(17)22/h5-8,16H,2-4H2,1H3,(H,30,31)/t16-/m1/s1. The van der Waals surface area contributed by atoms with Crippen molar-refractivity contribution in [1.82, 2.24) is 14.5 Å². The number of aromatic nitrogens is 2. The van der Waals surface area contributed by atoms with Gasteiger partial charge in [0.15, 0.2) is 17.4 Å². The van der Waals surface area contributed by atoms with Gasteiger partial charge in [-0.05, 0) is 40.9 Å². The van der Waals surface area contributed by atoms with Crippen LogP contribution in [-0.2, 0) is 0 Å². The summed E-state index contributed by atoms with van der Waals surface area (Å²) >= 11 is 3.30. The number of halogens is 3. The lowest BCUT2D eigenvalue weighted by Gasteiger charge is -2.24. The number of hydrogen-bond acceptors (Lipinski definition) is 5. The van der Waals surface area contributed by atoms with E-state index in [0.29, 0.717) is 17.3 Å². The number of methoxy groups -OCH3 is 1. The number of ether oxygens (including phenoxy) is 1. The Balaban J connectivity index is 2.10. The van der Waals surface area contributed by atoms with Crippen molar-refractivity contribution in [2.75, 3.05) is 13.7 Å². The summed E-state index contributed by atoms with van der Waals surface area (Å²) in [5.41, 5.74) is -0.468. The molecule has 164 valence electrons. The lowest BCUT2D eigenvalue weighted by atomic mass is 10.1. The van der Waals surface area contributed by atoms with E-state index in [9.17, 15) is 28.7 Å². The number of nitriles is 1. The molecule has 1 N–H and O–H groups in total. The summed E-state index contributed by atoms with van der Waals surface area (Å²) in [6.45, 7) is 0.230. The van der Waals surface area contributed by atoms with E-state index in [-0.39, 0.29) is 34.5 Å². The molecule has 0 spiro atoms. The van der Waals surface area contributed by atoms with E-state index in [1.807, 2.05) is 6.07 Å². The number of hydrogen-bond donors (Lipinski definition) is 1. The Bertz CT molecular complexity index is 1350. The number of fused-ring (bicyclic) bond motifs is 1. The summed E-state index contributed by atoms with van der Waals surface area (Å²) < 4.78 is 35.0. The van der Waals surface area contributed by atoms with Crippen molar-refractivity contribution >= 4 is 32.9 Å². The van der Waals surface area contributed by atoms with Gasteiger partial charge in [0.05, 0.1) is 41.4 Å². The Morgan fingerprint density at radius 2 is 2.00 bits per heavy atom. The summed E-state index contributed by atoms with van der Waals surface area (Å²) in [6, 6.07) is 5.79. The molecule has 8 nitrogen and oxygen atoms in total. The van der Waals surface area contributed by atoms with Crippen LogP contribution in [0.15, 0.2) is 33.5 Å². The molecule has 4 rings (SSSR count). The van der Waals surface area contributed by atoms with Crippen LogP contribution in [0.5, 0.6) is 5.75 Å². The Morgan fingerprint density at radius 1 is 1.31 bits per heavy atom. The van der Waals surface area contributed by atoms with Crippen LogP contribution >= 0.6 is 15.9 Å². The first kappa shape index (κ1) is 21.7. The highest BCUT2D eigenvalue weighted by molar-refractivity contribution is 9.10. The normalized spacial score (nSPS) is 15.7. The van der Waals surface area contributed by atoms with E-state index in [4.69, 9.17) is 4.74 Å². The number of benzene rings is 2. The smallest absolute Gasteiger partial charge is 0.407 e. The second kappa shape index (κ2) is 8.20. The van der Waals surface area contributed by atoms with Crippen LogP contribution < -0.4 is 10.3 Å². The maximum atomic E-state index is 14.5. The molecule has 1 amide bonds. The van der Waals surface area contributed by atoms with Crippen LogP contribution in [-0.4, -0.2) is 39.3 Å². The van der Waals surface area contributed by atoms with Gasteiger partial charge < -0.3 is 9.84 Å². The number of amides is 1. The molecule has 32 heavy (non-hydrogen) atoms. The van der Waals surface area contributed by atoms with Gasteiger partial charge in [-0.25, -0.2) is 18.6 Å². The van der Waals surface area contributed by atoms with Crippen LogP contribution in [0.4, 0.5) is 13.6 Å². The quantitative estimate of drug-likeness (QED) is 0.574. The van der Waals surface area contributed by atoms with E-state index < -0.39 is 35.1 Å². The van der Waals surface area contributed by atoms with Crippen LogP contribution in [0.2, 0.25) is 0 Å². The first-order valence-corrected chi connectivity index (χ1v) is 10.3. The predicted molar refractivity (Wildman–Crippen MR) is 113 cm³/mol. The van der Waals surface area contributed by atoms with E-state index in [2.05, 4.69) is 20.9 Å². The lowest BCUT2D eigenvalue weighted by molar-refractivity contribution is 0.138. The molecule has 1 aromatic heterocycles. The highest BCUT2D eigenvalue weighted by Gasteiger charge is 2.34. The SMILES string of the molecule is COc1c(F)cc(-n2c([C@H]3CCCN3C(=O)O)nc3c(Br)cc(C#N)cc3c2=O)cc1F. The number of carboxylic acid groups (broad SMARTS) is 1. The first-order valence-electron chi connectivity index (χ1n) is 9.46. The zero-order chi connectivity index (χ0) is 23.2. The second-order valence-electron chi connectivity index (χ2n) is 7.15. The number of rotatable bonds is 3. The second-order valence-corrected chi connectivity index (χ2v) is 8.01. The van der Waals surface area contributed by atoms with Crippen molar-refractivity contribution in [1.29, 1.82) is 5.26 Å². The highest BCUT2D eigenvalue weighted by atomic mass is 79.9. The summed E-state index contributed by atoms with van der Waals surface area (Å²) in [5.74, 6) is -2.65. The van der Waals surface area contributed by atoms with Gasteiger partial charge in [-0.1, -0.05) is 0 Å². The monoisotopic (exact) mass is 504 g/mol. The first-order chi connectivity index (χ1) is 15.3. The molecule has 0 bridgehead atoms. The summed E-state index contributed by atoms with van der Waals surface area (Å²) in [5, 5.41) is 18.9. The van der Waals surface area contributed by atoms with Crippen LogP contribution in [0.25, 0.3) is 16.6 Å². The van der Waals surface area contributed by atoms with Gasteiger partial charge in [-0.3, -0.25) is 14.3 Å². The molecule has 0 radical (unpaired) electrons. The minimum Gasteiger partial charge on any atom is -0.491 e. The van der Waals surface area contributed by atoms with Crippen molar-refractivity contribution in [2.45, 2.75) is 18.9 Å². The fourth-order valence-corrected chi connectivity index (χ4v) is 4.49. The Labute approximate surface area is 188 Å². The molecule has 0 saturated carbocycles. The van der Waals surface area contributed by atoms with Crippen molar-refractivity contribution in [2.24, 2.45) is 0 Å². The van der Waals surface area contributed by atoms with E-state index in [1.165, 1.54) is 12.1 Å². The molecular formula is C21H15BrF2N4O4. The molecule has 2 aromatic carbocycles. The van der Waals surface area contributed by atoms with E-state index in [1.54, 1.807) is 0 Å². The fourth-order valence-electron chi connectivity index (χ4n) is 3.94. The Morgan fingerprint density at radius 3 is 2.59 bits per heavy atom. The molecule has 1 fully saturated rings. The third-order valence-electron chi connectivity index (χ3n) is 5.32. The molecule has 1 aliphatic rings. The molecule has 1 saturated heterocycles. The lowest BCUT2D eigenvalue weighted by Crippen LogP contribution is -2.34. The maximum Gasteiger partial charge on any atom is 0.407 e. The van der Waals surface area contributed by atoms with Gasteiger partial charge in [0.1, 0.15) is 5.82 Å². The summed E-state index contributed by atoms with van der Waals surface area (Å²) in [6.07, 6.45) is -0.288. The molecule has 0 aliphatic carbocycles. The third-order valence-corrected chi connectivity index (χ3v) is 5.93. The third kappa shape index (κ3) is 3.46. The Hall–Kier alpha value is -3.52. The molecule has 1 aliphatic heterocycles.